The van der Waals surface area contributed by atoms with Gasteiger partial charge in [0.1, 0.15) is 17.4 Å². The van der Waals surface area contributed by atoms with Crippen LogP contribution in [-0.4, -0.2) is 12.5 Å². The standard InChI is InChI=1S/C27H25BrN2O2/c1-4-32-26-15-20(12-13-22(26)16-21-9-5-6-10-24(21)28)14-23(17-29)27(31)30-25-11-7-8-18(2)19(25)3/h5-15H,4,16H2,1-3H3,(H,30,31)/b23-14+. The largest absolute Gasteiger partial charge is 0.494 e. The SMILES string of the molecule is CCOc1cc(/C=C(\C#N)C(=O)Nc2cccc(C)c2C)ccc1Cc1ccccc1Br. The lowest BCUT2D eigenvalue weighted by Gasteiger charge is -2.13. The maximum absolute atomic E-state index is 12.7. The molecule has 3 rings (SSSR count). The van der Waals surface area contributed by atoms with Crippen molar-refractivity contribution < 1.29 is 9.53 Å². The van der Waals surface area contributed by atoms with Crippen LogP contribution in [0.1, 0.15) is 34.7 Å². The van der Waals surface area contributed by atoms with E-state index in [0.29, 0.717) is 18.7 Å². The number of benzene rings is 3. The molecule has 0 fully saturated rings. The molecule has 0 heterocycles. The van der Waals surface area contributed by atoms with Crippen molar-refractivity contribution >= 4 is 33.6 Å². The molecular formula is C27H25BrN2O2. The molecule has 0 atom stereocenters. The summed E-state index contributed by atoms with van der Waals surface area (Å²) < 4.78 is 6.90. The van der Waals surface area contributed by atoms with Gasteiger partial charge in [-0.2, -0.15) is 5.26 Å². The Morgan fingerprint density at radius 1 is 1.09 bits per heavy atom. The average molecular weight is 489 g/mol. The fraction of sp³-hybridized carbons (Fsp3) is 0.185. The number of nitriles is 1. The van der Waals surface area contributed by atoms with Gasteiger partial charge in [-0.15, -0.1) is 0 Å². The Kier molecular flexibility index (Phi) is 7.86. The van der Waals surface area contributed by atoms with E-state index < -0.39 is 5.91 Å². The monoisotopic (exact) mass is 488 g/mol. The zero-order chi connectivity index (χ0) is 23.1. The molecule has 3 aromatic rings. The molecule has 1 N–H and O–H groups in total. The van der Waals surface area contributed by atoms with Crippen LogP contribution in [0.25, 0.3) is 6.08 Å². The van der Waals surface area contributed by atoms with Crippen LogP contribution in [-0.2, 0) is 11.2 Å². The van der Waals surface area contributed by atoms with Crippen LogP contribution in [0, 0.1) is 25.2 Å². The van der Waals surface area contributed by atoms with E-state index in [-0.39, 0.29) is 5.57 Å². The molecule has 0 aliphatic heterocycles. The van der Waals surface area contributed by atoms with Gasteiger partial charge in [0.15, 0.2) is 0 Å². The predicted molar refractivity (Wildman–Crippen MR) is 133 cm³/mol. The number of carbonyl (C=O) groups is 1. The van der Waals surface area contributed by atoms with Crippen LogP contribution >= 0.6 is 15.9 Å². The van der Waals surface area contributed by atoms with Crippen LogP contribution in [0.2, 0.25) is 0 Å². The van der Waals surface area contributed by atoms with Crippen molar-refractivity contribution in [1.82, 2.24) is 0 Å². The molecule has 0 radical (unpaired) electrons. The number of ether oxygens (including phenoxy) is 1. The van der Waals surface area contributed by atoms with E-state index in [1.807, 2.05) is 81.4 Å². The molecule has 0 aromatic heterocycles. The minimum absolute atomic E-state index is 0.0342. The summed E-state index contributed by atoms with van der Waals surface area (Å²) in [5.74, 6) is 0.306. The summed E-state index contributed by atoms with van der Waals surface area (Å²) >= 11 is 3.60. The second-order valence-electron chi connectivity index (χ2n) is 7.44. The van der Waals surface area contributed by atoms with Crippen molar-refractivity contribution in [1.29, 1.82) is 5.26 Å². The third-order valence-corrected chi connectivity index (χ3v) is 6.03. The van der Waals surface area contributed by atoms with Gasteiger partial charge in [-0.1, -0.05) is 58.4 Å². The van der Waals surface area contributed by atoms with Crippen LogP contribution < -0.4 is 10.1 Å². The van der Waals surface area contributed by atoms with Crippen molar-refractivity contribution in [2.45, 2.75) is 27.2 Å². The van der Waals surface area contributed by atoms with Gasteiger partial charge in [0.05, 0.1) is 6.61 Å². The normalized spacial score (nSPS) is 11.0. The molecular weight excluding hydrogens is 464 g/mol. The van der Waals surface area contributed by atoms with E-state index in [1.54, 1.807) is 6.08 Å². The fourth-order valence-electron chi connectivity index (χ4n) is 3.34. The zero-order valence-corrected chi connectivity index (χ0v) is 20.0. The van der Waals surface area contributed by atoms with Crippen molar-refractivity contribution in [2.24, 2.45) is 0 Å². The highest BCUT2D eigenvalue weighted by Crippen LogP contribution is 2.28. The Bertz CT molecular complexity index is 1210. The number of halogens is 1. The third kappa shape index (κ3) is 5.66. The van der Waals surface area contributed by atoms with Gasteiger partial charge < -0.3 is 10.1 Å². The first kappa shape index (κ1) is 23.3. The molecule has 0 saturated carbocycles. The number of nitrogens with zero attached hydrogens (tertiary/aromatic N) is 1. The van der Waals surface area contributed by atoms with E-state index in [9.17, 15) is 10.1 Å². The molecule has 3 aromatic carbocycles. The van der Waals surface area contributed by atoms with Crippen LogP contribution in [0.3, 0.4) is 0 Å². The first-order valence-corrected chi connectivity index (χ1v) is 11.2. The van der Waals surface area contributed by atoms with Gasteiger partial charge in [0.25, 0.3) is 5.91 Å². The maximum Gasteiger partial charge on any atom is 0.266 e. The summed E-state index contributed by atoms with van der Waals surface area (Å²) in [6.45, 7) is 6.38. The lowest BCUT2D eigenvalue weighted by Crippen LogP contribution is -2.14. The first-order valence-electron chi connectivity index (χ1n) is 10.4. The molecule has 0 aliphatic rings. The number of amides is 1. The Labute approximate surface area is 197 Å². The number of anilines is 1. The Balaban J connectivity index is 1.87. The number of rotatable bonds is 7. The molecule has 0 spiro atoms. The molecule has 32 heavy (non-hydrogen) atoms. The first-order chi connectivity index (χ1) is 15.4. The molecule has 1 amide bonds. The van der Waals surface area contributed by atoms with Gasteiger partial charge in [-0.25, -0.2) is 0 Å². The number of hydrogen-bond acceptors (Lipinski definition) is 3. The summed E-state index contributed by atoms with van der Waals surface area (Å²) in [4.78, 5) is 12.7. The van der Waals surface area contributed by atoms with E-state index in [0.717, 1.165) is 38.0 Å². The van der Waals surface area contributed by atoms with Gasteiger partial charge >= 0.3 is 0 Å². The Hall–Kier alpha value is -3.36. The lowest BCUT2D eigenvalue weighted by molar-refractivity contribution is -0.112. The number of carbonyl (C=O) groups excluding carboxylic acids is 1. The highest BCUT2D eigenvalue weighted by molar-refractivity contribution is 9.10. The number of aryl methyl sites for hydroxylation is 1. The van der Waals surface area contributed by atoms with Crippen molar-refractivity contribution in [2.75, 3.05) is 11.9 Å². The van der Waals surface area contributed by atoms with Crippen LogP contribution in [0.15, 0.2) is 70.7 Å². The topological polar surface area (TPSA) is 62.1 Å². The lowest BCUT2D eigenvalue weighted by atomic mass is 10.0. The number of nitrogens with one attached hydrogen (secondary N) is 1. The van der Waals surface area contributed by atoms with Crippen molar-refractivity contribution in [3.8, 4) is 11.8 Å². The molecule has 5 heteroatoms. The molecule has 0 bridgehead atoms. The van der Waals surface area contributed by atoms with E-state index >= 15 is 0 Å². The molecule has 4 nitrogen and oxygen atoms in total. The van der Waals surface area contributed by atoms with Crippen LogP contribution in [0.5, 0.6) is 5.75 Å². The number of hydrogen-bond donors (Lipinski definition) is 1. The summed E-state index contributed by atoms with van der Waals surface area (Å²) in [7, 11) is 0. The van der Waals surface area contributed by atoms with Gasteiger partial charge in [-0.3, -0.25) is 4.79 Å². The molecule has 162 valence electrons. The van der Waals surface area contributed by atoms with Gasteiger partial charge in [-0.05, 0) is 72.9 Å². The van der Waals surface area contributed by atoms with E-state index in [2.05, 4.69) is 27.3 Å². The Morgan fingerprint density at radius 3 is 2.59 bits per heavy atom. The third-order valence-electron chi connectivity index (χ3n) is 5.26. The minimum Gasteiger partial charge on any atom is -0.494 e. The highest BCUT2D eigenvalue weighted by Gasteiger charge is 2.13. The van der Waals surface area contributed by atoms with E-state index in [4.69, 9.17) is 4.74 Å². The second kappa shape index (κ2) is 10.8. The summed E-state index contributed by atoms with van der Waals surface area (Å²) in [5.41, 5.74) is 5.72. The van der Waals surface area contributed by atoms with Crippen molar-refractivity contribution in [3.63, 3.8) is 0 Å². The molecule has 0 unspecified atom stereocenters. The quantitative estimate of drug-likeness (QED) is 0.300. The summed E-state index contributed by atoms with van der Waals surface area (Å²) in [5, 5.41) is 12.4. The van der Waals surface area contributed by atoms with Gasteiger partial charge in [0, 0.05) is 16.6 Å². The predicted octanol–water partition coefficient (Wildman–Crippen LogP) is 6.60. The second-order valence-corrected chi connectivity index (χ2v) is 8.29. The van der Waals surface area contributed by atoms with Crippen LogP contribution in [0.4, 0.5) is 5.69 Å². The minimum atomic E-state index is -0.434. The molecule has 0 saturated heterocycles. The smallest absolute Gasteiger partial charge is 0.266 e. The summed E-state index contributed by atoms with van der Waals surface area (Å²) in [6.07, 6.45) is 2.30. The van der Waals surface area contributed by atoms with Crippen molar-refractivity contribution in [3.05, 3.63) is 98.5 Å². The maximum atomic E-state index is 12.7. The van der Waals surface area contributed by atoms with E-state index in [1.165, 1.54) is 0 Å². The summed E-state index contributed by atoms with van der Waals surface area (Å²) in [6, 6.07) is 21.5. The average Bonchev–Trinajstić information content (AvgIpc) is 2.78. The van der Waals surface area contributed by atoms with Gasteiger partial charge in [0.2, 0.25) is 0 Å². The Morgan fingerprint density at radius 2 is 1.88 bits per heavy atom. The zero-order valence-electron chi connectivity index (χ0n) is 18.4. The fourth-order valence-corrected chi connectivity index (χ4v) is 3.76. The molecule has 0 aliphatic carbocycles. The highest BCUT2D eigenvalue weighted by atomic mass is 79.9.